The first-order chi connectivity index (χ1) is 8.11. The van der Waals surface area contributed by atoms with E-state index in [1.165, 1.54) is 0 Å². The topological polar surface area (TPSA) is 84.8 Å². The molecular weight excluding hydrogens is 240 g/mol. The van der Waals surface area contributed by atoms with Crippen molar-refractivity contribution >= 4 is 9.84 Å². The summed E-state index contributed by atoms with van der Waals surface area (Å²) in [5, 5.41) is 10.8. The minimum atomic E-state index is -2.82. The lowest BCUT2D eigenvalue weighted by Gasteiger charge is -2.21. The van der Waals surface area contributed by atoms with Gasteiger partial charge in [-0.2, -0.15) is 5.10 Å². The molecule has 0 atom stereocenters. The van der Waals surface area contributed by atoms with E-state index >= 15 is 0 Å². The van der Waals surface area contributed by atoms with Crippen LogP contribution in [0.1, 0.15) is 30.3 Å². The highest BCUT2D eigenvalue weighted by molar-refractivity contribution is 7.91. The fourth-order valence-electron chi connectivity index (χ4n) is 1.97. The van der Waals surface area contributed by atoms with Crippen LogP contribution in [0.4, 0.5) is 0 Å². The molecule has 1 aliphatic heterocycles. The van der Waals surface area contributed by atoms with Crippen LogP contribution in [0, 0.1) is 0 Å². The maximum Gasteiger partial charge on any atom is 0.165 e. The van der Waals surface area contributed by atoms with Gasteiger partial charge in [-0.15, -0.1) is 5.10 Å². The van der Waals surface area contributed by atoms with Crippen LogP contribution >= 0.6 is 0 Å². The van der Waals surface area contributed by atoms with Gasteiger partial charge in [0.25, 0.3) is 0 Å². The van der Waals surface area contributed by atoms with E-state index in [2.05, 4.69) is 20.5 Å². The second-order valence-corrected chi connectivity index (χ2v) is 6.56. The van der Waals surface area contributed by atoms with E-state index < -0.39 is 9.84 Å². The Morgan fingerprint density at radius 3 is 2.76 bits per heavy atom. The fraction of sp³-hybridized carbons (Fsp3) is 0.700. The first kappa shape index (κ1) is 12.4. The van der Waals surface area contributed by atoms with Crippen LogP contribution in [-0.4, -0.2) is 42.2 Å². The zero-order valence-corrected chi connectivity index (χ0v) is 10.6. The molecular formula is C10H16N4O2S. The molecule has 0 amide bonds. The number of nitrogens with one attached hydrogen (secondary N) is 1. The standard InChI is InChI=1S/C10H16N4O2S/c1-11-7-10-13-9(6-12-14-10)8-2-4-17(15,16)5-3-8/h6,8,11H,2-5,7H2,1H3. The van der Waals surface area contributed by atoms with Crippen molar-refractivity contribution in [3.63, 3.8) is 0 Å². The molecule has 0 bridgehead atoms. The molecule has 1 saturated heterocycles. The molecule has 0 aromatic carbocycles. The van der Waals surface area contributed by atoms with Gasteiger partial charge in [0.2, 0.25) is 0 Å². The Kier molecular flexibility index (Phi) is 3.68. The summed E-state index contributed by atoms with van der Waals surface area (Å²) >= 11 is 0. The second-order valence-electron chi connectivity index (χ2n) is 4.25. The van der Waals surface area contributed by atoms with Crippen LogP contribution in [0.5, 0.6) is 0 Å². The molecule has 0 radical (unpaired) electrons. The Hall–Kier alpha value is -1.08. The summed E-state index contributed by atoms with van der Waals surface area (Å²) in [4.78, 5) is 4.40. The molecule has 6 nitrogen and oxygen atoms in total. The molecule has 17 heavy (non-hydrogen) atoms. The van der Waals surface area contributed by atoms with E-state index in [1.54, 1.807) is 6.20 Å². The third kappa shape index (κ3) is 3.19. The highest BCUT2D eigenvalue weighted by Gasteiger charge is 2.25. The van der Waals surface area contributed by atoms with Gasteiger partial charge >= 0.3 is 0 Å². The lowest BCUT2D eigenvalue weighted by Crippen LogP contribution is -2.23. The molecule has 2 heterocycles. The summed E-state index contributed by atoms with van der Waals surface area (Å²) in [7, 11) is -0.998. The zero-order chi connectivity index (χ0) is 12.3. The Morgan fingerprint density at radius 2 is 2.12 bits per heavy atom. The lowest BCUT2D eigenvalue weighted by atomic mass is 9.99. The lowest BCUT2D eigenvalue weighted by molar-refractivity contribution is 0.539. The maximum atomic E-state index is 11.3. The van der Waals surface area contributed by atoms with Gasteiger partial charge in [-0.25, -0.2) is 13.4 Å². The van der Waals surface area contributed by atoms with Crippen molar-refractivity contribution in [1.29, 1.82) is 0 Å². The Labute approximate surface area is 101 Å². The van der Waals surface area contributed by atoms with E-state index in [1.807, 2.05) is 7.05 Å². The van der Waals surface area contributed by atoms with Crippen LogP contribution in [0.15, 0.2) is 6.20 Å². The van der Waals surface area contributed by atoms with Crippen molar-refractivity contribution in [3.05, 3.63) is 17.7 Å². The summed E-state index contributed by atoms with van der Waals surface area (Å²) in [5.74, 6) is 1.36. The minimum Gasteiger partial charge on any atom is -0.313 e. The molecule has 0 aliphatic carbocycles. The van der Waals surface area contributed by atoms with Gasteiger partial charge in [0.05, 0.1) is 29.9 Å². The molecule has 1 aromatic heterocycles. The van der Waals surface area contributed by atoms with Crippen LogP contribution in [0.25, 0.3) is 0 Å². The molecule has 1 fully saturated rings. The number of hydrogen-bond acceptors (Lipinski definition) is 6. The summed E-state index contributed by atoms with van der Waals surface area (Å²) in [6.07, 6.45) is 2.92. The predicted octanol–water partition coefficient (Wildman–Crippen LogP) is -0.117. The van der Waals surface area contributed by atoms with Gasteiger partial charge in [0.1, 0.15) is 9.84 Å². The Bertz CT molecular complexity index is 475. The molecule has 7 heteroatoms. The van der Waals surface area contributed by atoms with Crippen molar-refractivity contribution < 1.29 is 8.42 Å². The molecule has 94 valence electrons. The highest BCUT2D eigenvalue weighted by Crippen LogP contribution is 2.27. The van der Waals surface area contributed by atoms with Crippen LogP contribution in [0.3, 0.4) is 0 Å². The maximum absolute atomic E-state index is 11.3. The quantitative estimate of drug-likeness (QED) is 0.812. The normalized spacial score (nSPS) is 20.3. The van der Waals surface area contributed by atoms with Crippen molar-refractivity contribution in [2.75, 3.05) is 18.6 Å². The van der Waals surface area contributed by atoms with Gasteiger partial charge in [0, 0.05) is 5.92 Å². The van der Waals surface area contributed by atoms with Crippen molar-refractivity contribution in [2.24, 2.45) is 0 Å². The van der Waals surface area contributed by atoms with Crippen LogP contribution in [0.2, 0.25) is 0 Å². The highest BCUT2D eigenvalue weighted by atomic mass is 32.2. The largest absolute Gasteiger partial charge is 0.313 e. The number of hydrogen-bond donors (Lipinski definition) is 1. The van der Waals surface area contributed by atoms with Gasteiger partial charge in [-0.3, -0.25) is 0 Å². The average molecular weight is 256 g/mol. The van der Waals surface area contributed by atoms with Gasteiger partial charge in [-0.1, -0.05) is 0 Å². The number of aromatic nitrogens is 3. The van der Waals surface area contributed by atoms with Gasteiger partial charge < -0.3 is 5.32 Å². The molecule has 1 aliphatic rings. The smallest absolute Gasteiger partial charge is 0.165 e. The van der Waals surface area contributed by atoms with Crippen molar-refractivity contribution in [2.45, 2.75) is 25.3 Å². The SMILES string of the molecule is CNCc1nncc(C2CCS(=O)(=O)CC2)n1. The van der Waals surface area contributed by atoms with Gasteiger partial charge in [0.15, 0.2) is 5.82 Å². The van der Waals surface area contributed by atoms with Crippen LogP contribution < -0.4 is 5.32 Å². The molecule has 0 spiro atoms. The van der Waals surface area contributed by atoms with Crippen LogP contribution in [-0.2, 0) is 16.4 Å². The van der Waals surface area contributed by atoms with Crippen molar-refractivity contribution in [1.82, 2.24) is 20.5 Å². The average Bonchev–Trinajstić information content (AvgIpc) is 2.30. The fourth-order valence-corrected chi connectivity index (χ4v) is 3.46. The second kappa shape index (κ2) is 5.05. The van der Waals surface area contributed by atoms with E-state index in [-0.39, 0.29) is 17.4 Å². The van der Waals surface area contributed by atoms with E-state index in [4.69, 9.17) is 0 Å². The first-order valence-electron chi connectivity index (χ1n) is 5.64. The Morgan fingerprint density at radius 1 is 1.41 bits per heavy atom. The first-order valence-corrected chi connectivity index (χ1v) is 7.46. The molecule has 1 N–H and O–H groups in total. The molecule has 0 saturated carbocycles. The number of nitrogens with zero attached hydrogens (tertiary/aromatic N) is 3. The minimum absolute atomic E-state index is 0.199. The molecule has 0 unspecified atom stereocenters. The van der Waals surface area contributed by atoms with Crippen molar-refractivity contribution in [3.8, 4) is 0 Å². The number of sulfone groups is 1. The number of rotatable bonds is 3. The Balaban J connectivity index is 2.10. The summed E-state index contributed by atoms with van der Waals surface area (Å²) in [6, 6.07) is 0. The monoisotopic (exact) mass is 256 g/mol. The van der Waals surface area contributed by atoms with E-state index in [0.29, 0.717) is 25.2 Å². The molecule has 2 rings (SSSR count). The van der Waals surface area contributed by atoms with Gasteiger partial charge in [-0.05, 0) is 19.9 Å². The summed E-state index contributed by atoms with van der Waals surface area (Å²) in [5.41, 5.74) is 0.861. The third-order valence-electron chi connectivity index (χ3n) is 2.93. The predicted molar refractivity (Wildman–Crippen MR) is 63.2 cm³/mol. The van der Waals surface area contributed by atoms with E-state index in [0.717, 1.165) is 5.69 Å². The third-order valence-corrected chi connectivity index (χ3v) is 4.64. The molecule has 1 aromatic rings. The summed E-state index contributed by atoms with van der Waals surface area (Å²) < 4.78 is 22.7. The van der Waals surface area contributed by atoms with E-state index in [9.17, 15) is 8.42 Å². The summed E-state index contributed by atoms with van der Waals surface area (Å²) in [6.45, 7) is 0.575. The zero-order valence-electron chi connectivity index (χ0n) is 9.76.